The van der Waals surface area contributed by atoms with Gasteiger partial charge in [0.25, 0.3) is 5.91 Å². The lowest BCUT2D eigenvalue weighted by Crippen LogP contribution is -2.37. The number of amides is 1. The smallest absolute Gasteiger partial charge is 0.257 e. The molecular weight excluding hydrogens is 208 g/mol. The molecule has 90 valence electrons. The zero-order valence-electron chi connectivity index (χ0n) is 9.91. The molecule has 1 heterocycles. The Balaban J connectivity index is 2.83. The first-order chi connectivity index (χ1) is 7.63. The van der Waals surface area contributed by atoms with E-state index < -0.39 is 0 Å². The molecule has 1 amide bonds. The molecule has 0 spiro atoms. The van der Waals surface area contributed by atoms with E-state index in [1.807, 2.05) is 13.8 Å². The fourth-order valence-electron chi connectivity index (χ4n) is 1.48. The second kappa shape index (κ2) is 5.65. The van der Waals surface area contributed by atoms with E-state index in [4.69, 9.17) is 9.63 Å². The van der Waals surface area contributed by atoms with Crippen molar-refractivity contribution in [3.63, 3.8) is 0 Å². The third-order valence-corrected chi connectivity index (χ3v) is 2.54. The van der Waals surface area contributed by atoms with Crippen molar-refractivity contribution in [2.75, 3.05) is 6.61 Å². The van der Waals surface area contributed by atoms with Crippen molar-refractivity contribution in [1.82, 2.24) is 10.5 Å². The van der Waals surface area contributed by atoms with Gasteiger partial charge in [-0.1, -0.05) is 19.0 Å². The van der Waals surface area contributed by atoms with Crippen LogP contribution in [0.5, 0.6) is 0 Å². The Bertz CT molecular complexity index is 356. The van der Waals surface area contributed by atoms with Crippen LogP contribution in [0.4, 0.5) is 0 Å². The summed E-state index contributed by atoms with van der Waals surface area (Å²) in [5, 5.41) is 15.6. The molecule has 2 N–H and O–H groups in total. The third-order valence-electron chi connectivity index (χ3n) is 2.54. The van der Waals surface area contributed by atoms with Crippen molar-refractivity contribution >= 4 is 5.91 Å². The summed E-state index contributed by atoms with van der Waals surface area (Å²) in [6.45, 7) is 5.47. The van der Waals surface area contributed by atoms with Crippen molar-refractivity contribution in [1.29, 1.82) is 0 Å². The van der Waals surface area contributed by atoms with Gasteiger partial charge in [0.1, 0.15) is 11.3 Å². The monoisotopic (exact) mass is 226 g/mol. The molecule has 1 aromatic heterocycles. The summed E-state index contributed by atoms with van der Waals surface area (Å²) in [7, 11) is 0. The molecule has 0 aromatic carbocycles. The molecule has 0 aliphatic carbocycles. The number of hydrogen-bond acceptors (Lipinski definition) is 4. The normalized spacial score (nSPS) is 12.5. The summed E-state index contributed by atoms with van der Waals surface area (Å²) in [4.78, 5) is 11.9. The lowest BCUT2D eigenvalue weighted by molar-refractivity contribution is 0.0912. The zero-order chi connectivity index (χ0) is 12.1. The van der Waals surface area contributed by atoms with Crippen molar-refractivity contribution in [3.8, 4) is 0 Å². The molecule has 1 atom stereocenters. The summed E-state index contributed by atoms with van der Waals surface area (Å²) in [5.74, 6) is 0.290. The molecule has 5 nitrogen and oxygen atoms in total. The molecular formula is C11H18N2O3. The zero-order valence-corrected chi connectivity index (χ0v) is 9.91. The Kier molecular flexibility index (Phi) is 4.49. The highest BCUT2D eigenvalue weighted by molar-refractivity contribution is 5.96. The average Bonchev–Trinajstić information content (AvgIpc) is 2.67. The van der Waals surface area contributed by atoms with E-state index in [-0.39, 0.29) is 18.6 Å². The summed E-state index contributed by atoms with van der Waals surface area (Å²) >= 11 is 0. The van der Waals surface area contributed by atoms with Crippen LogP contribution in [0.15, 0.2) is 4.52 Å². The van der Waals surface area contributed by atoms with Gasteiger partial charge in [-0.25, -0.2) is 0 Å². The van der Waals surface area contributed by atoms with E-state index in [0.29, 0.717) is 29.9 Å². The molecule has 0 fully saturated rings. The van der Waals surface area contributed by atoms with Gasteiger partial charge in [-0.05, 0) is 19.8 Å². The van der Waals surface area contributed by atoms with E-state index in [0.717, 1.165) is 0 Å². The first-order valence-corrected chi connectivity index (χ1v) is 5.50. The minimum Gasteiger partial charge on any atom is -0.394 e. The van der Waals surface area contributed by atoms with Gasteiger partial charge >= 0.3 is 0 Å². The van der Waals surface area contributed by atoms with Gasteiger partial charge in [0.05, 0.1) is 18.3 Å². The van der Waals surface area contributed by atoms with Crippen LogP contribution in [-0.4, -0.2) is 28.8 Å². The number of nitrogens with zero attached hydrogens (tertiary/aromatic N) is 1. The first-order valence-electron chi connectivity index (χ1n) is 5.50. The molecule has 5 heteroatoms. The molecule has 0 saturated heterocycles. The Morgan fingerprint density at radius 1 is 1.56 bits per heavy atom. The summed E-state index contributed by atoms with van der Waals surface area (Å²) < 4.78 is 4.98. The Labute approximate surface area is 94.8 Å². The predicted molar refractivity (Wildman–Crippen MR) is 59.2 cm³/mol. The van der Waals surface area contributed by atoms with E-state index in [2.05, 4.69) is 10.5 Å². The van der Waals surface area contributed by atoms with Crippen LogP contribution in [0.25, 0.3) is 0 Å². The number of aliphatic hydroxyl groups is 1. The molecule has 1 aromatic rings. The third kappa shape index (κ3) is 2.61. The number of aryl methyl sites for hydroxylation is 2. The summed E-state index contributed by atoms with van der Waals surface area (Å²) in [5.41, 5.74) is 1.15. The van der Waals surface area contributed by atoms with Crippen LogP contribution in [0.3, 0.4) is 0 Å². The Morgan fingerprint density at radius 2 is 2.25 bits per heavy atom. The number of aliphatic hydroxyl groups excluding tert-OH is 1. The minimum absolute atomic E-state index is 0.0615. The molecule has 1 rings (SSSR count). The lowest BCUT2D eigenvalue weighted by atomic mass is 10.1. The van der Waals surface area contributed by atoms with Crippen LogP contribution in [0, 0.1) is 6.92 Å². The molecule has 0 saturated carbocycles. The highest BCUT2D eigenvalue weighted by Gasteiger charge is 2.20. The maximum atomic E-state index is 11.9. The van der Waals surface area contributed by atoms with E-state index >= 15 is 0 Å². The maximum Gasteiger partial charge on any atom is 0.257 e. The van der Waals surface area contributed by atoms with Gasteiger partial charge < -0.3 is 14.9 Å². The highest BCUT2D eigenvalue weighted by Crippen LogP contribution is 2.14. The number of carbonyl (C=O) groups is 1. The topological polar surface area (TPSA) is 75.4 Å². The van der Waals surface area contributed by atoms with Crippen LogP contribution in [-0.2, 0) is 6.42 Å². The maximum absolute atomic E-state index is 11.9. The fraction of sp³-hybridized carbons (Fsp3) is 0.636. The lowest BCUT2D eigenvalue weighted by Gasteiger charge is -2.13. The second-order valence-electron chi connectivity index (χ2n) is 3.68. The van der Waals surface area contributed by atoms with Crippen molar-refractivity contribution in [2.45, 2.75) is 39.7 Å². The minimum atomic E-state index is -0.225. The fourth-order valence-corrected chi connectivity index (χ4v) is 1.48. The van der Waals surface area contributed by atoms with Crippen molar-refractivity contribution in [2.24, 2.45) is 0 Å². The second-order valence-corrected chi connectivity index (χ2v) is 3.68. The van der Waals surface area contributed by atoms with E-state index in [1.165, 1.54) is 0 Å². The summed E-state index contributed by atoms with van der Waals surface area (Å²) in [6, 6.07) is -0.216. The molecule has 0 bridgehead atoms. The van der Waals surface area contributed by atoms with Gasteiger partial charge in [0.2, 0.25) is 0 Å². The van der Waals surface area contributed by atoms with Crippen LogP contribution in [0.2, 0.25) is 0 Å². The quantitative estimate of drug-likeness (QED) is 0.786. The van der Waals surface area contributed by atoms with Crippen LogP contribution >= 0.6 is 0 Å². The number of rotatable bonds is 5. The number of hydrogen-bond donors (Lipinski definition) is 2. The summed E-state index contributed by atoms with van der Waals surface area (Å²) in [6.07, 6.45) is 1.34. The molecule has 0 unspecified atom stereocenters. The first kappa shape index (κ1) is 12.7. The van der Waals surface area contributed by atoms with Gasteiger partial charge in [-0.3, -0.25) is 4.79 Å². The standard InChI is InChI=1S/C11H18N2O3/c1-4-8(6-14)12-11(15)10-7(3)16-13-9(10)5-2/h8,14H,4-6H2,1-3H3,(H,12,15)/t8-/m1/s1. The van der Waals surface area contributed by atoms with Gasteiger partial charge in [-0.15, -0.1) is 0 Å². The van der Waals surface area contributed by atoms with Gasteiger partial charge in [0.15, 0.2) is 0 Å². The SMILES string of the molecule is CCc1noc(C)c1C(=O)N[C@H](CC)CO. The van der Waals surface area contributed by atoms with E-state index in [1.54, 1.807) is 6.92 Å². The molecule has 0 radical (unpaired) electrons. The Hall–Kier alpha value is -1.36. The van der Waals surface area contributed by atoms with Gasteiger partial charge in [0, 0.05) is 0 Å². The van der Waals surface area contributed by atoms with Crippen molar-refractivity contribution in [3.05, 3.63) is 17.0 Å². The highest BCUT2D eigenvalue weighted by atomic mass is 16.5. The number of carbonyl (C=O) groups excluding carboxylic acids is 1. The average molecular weight is 226 g/mol. The van der Waals surface area contributed by atoms with Gasteiger partial charge in [-0.2, -0.15) is 0 Å². The van der Waals surface area contributed by atoms with Crippen LogP contribution in [0.1, 0.15) is 42.1 Å². The molecule has 0 aliphatic heterocycles. The largest absolute Gasteiger partial charge is 0.394 e. The molecule has 0 aliphatic rings. The van der Waals surface area contributed by atoms with E-state index in [9.17, 15) is 4.79 Å². The number of aromatic nitrogens is 1. The Morgan fingerprint density at radius 3 is 2.75 bits per heavy atom. The van der Waals surface area contributed by atoms with Crippen LogP contribution < -0.4 is 5.32 Å². The predicted octanol–water partition coefficient (Wildman–Crippen LogP) is 1.05. The van der Waals surface area contributed by atoms with Crippen molar-refractivity contribution < 1.29 is 14.4 Å². The molecule has 16 heavy (non-hydrogen) atoms. The number of nitrogens with one attached hydrogen (secondary N) is 1.